The van der Waals surface area contributed by atoms with Crippen molar-refractivity contribution in [2.75, 3.05) is 43.9 Å². The molecule has 2 rings (SSSR count). The molecule has 21 heavy (non-hydrogen) atoms. The molecule has 1 N–H and O–H groups in total. The van der Waals surface area contributed by atoms with E-state index in [0.717, 1.165) is 36.1 Å². The van der Waals surface area contributed by atoms with E-state index in [1.165, 1.54) is 0 Å². The lowest BCUT2D eigenvalue weighted by atomic mass is 9.95. The van der Waals surface area contributed by atoms with Gasteiger partial charge in [-0.15, -0.1) is 0 Å². The molecule has 0 bridgehead atoms. The second-order valence-electron chi connectivity index (χ2n) is 6.58. The van der Waals surface area contributed by atoms with Crippen LogP contribution in [0.25, 0.3) is 0 Å². The molecule has 1 aliphatic rings. The number of hydrogen-bond donors (Lipinski definition) is 1. The lowest BCUT2D eigenvalue weighted by molar-refractivity contribution is -0.129. The Balaban J connectivity index is 2.45. The highest BCUT2D eigenvalue weighted by molar-refractivity contribution is 5.82. The van der Waals surface area contributed by atoms with Gasteiger partial charge in [0, 0.05) is 38.2 Å². The van der Waals surface area contributed by atoms with Gasteiger partial charge in [-0.3, -0.25) is 4.79 Å². The van der Waals surface area contributed by atoms with E-state index in [4.69, 9.17) is 4.98 Å². The smallest absolute Gasteiger partial charge is 0.241 e. The fraction of sp³-hybridized carbons (Fsp3) is 0.667. The van der Waals surface area contributed by atoms with Crippen molar-refractivity contribution in [3.8, 4) is 0 Å². The van der Waals surface area contributed by atoms with Gasteiger partial charge >= 0.3 is 0 Å². The Morgan fingerprint density at radius 3 is 2.38 bits per heavy atom. The highest BCUT2D eigenvalue weighted by Crippen LogP contribution is 2.28. The van der Waals surface area contributed by atoms with Crippen LogP contribution in [0, 0.1) is 6.92 Å². The number of carbonyl (C=O) groups excluding carboxylic acids is 1. The molecule has 1 saturated heterocycles. The van der Waals surface area contributed by atoms with Crippen molar-refractivity contribution in [2.24, 2.45) is 0 Å². The average molecular weight is 291 g/mol. The third kappa shape index (κ3) is 3.09. The topological polar surface area (TPSA) is 61.4 Å². The summed E-state index contributed by atoms with van der Waals surface area (Å²) in [7, 11) is 3.70. The van der Waals surface area contributed by atoms with E-state index in [-0.39, 0.29) is 11.3 Å². The molecule has 1 aromatic heterocycles. The van der Waals surface area contributed by atoms with Gasteiger partial charge in [0.1, 0.15) is 17.5 Å². The summed E-state index contributed by atoms with van der Waals surface area (Å²) in [6, 6.07) is 0. The number of anilines is 2. The third-order valence-electron chi connectivity index (χ3n) is 3.78. The van der Waals surface area contributed by atoms with Gasteiger partial charge in [0.05, 0.1) is 6.54 Å². The zero-order valence-electron chi connectivity index (χ0n) is 13.8. The molecule has 0 unspecified atom stereocenters. The quantitative estimate of drug-likeness (QED) is 0.892. The Kier molecular flexibility index (Phi) is 4.07. The summed E-state index contributed by atoms with van der Waals surface area (Å²) in [6.07, 6.45) is 0. The minimum Gasteiger partial charge on any atom is -0.373 e. The summed E-state index contributed by atoms with van der Waals surface area (Å²) >= 11 is 0. The summed E-state index contributed by atoms with van der Waals surface area (Å²) in [5, 5.41) is 3.13. The van der Waals surface area contributed by atoms with Gasteiger partial charge in [0.2, 0.25) is 5.91 Å². The first-order chi connectivity index (χ1) is 9.74. The summed E-state index contributed by atoms with van der Waals surface area (Å²) in [4.78, 5) is 25.1. The van der Waals surface area contributed by atoms with Crippen LogP contribution in [-0.2, 0) is 10.2 Å². The molecule has 2 heterocycles. The zero-order chi connectivity index (χ0) is 15.8. The van der Waals surface area contributed by atoms with Gasteiger partial charge in [0.15, 0.2) is 0 Å². The maximum absolute atomic E-state index is 12.0. The molecule has 116 valence electrons. The number of likely N-dealkylation sites (N-methyl/N-ethyl adjacent to an activating group) is 1. The van der Waals surface area contributed by atoms with Gasteiger partial charge < -0.3 is 15.1 Å². The average Bonchev–Trinajstić information content (AvgIpc) is 2.41. The summed E-state index contributed by atoms with van der Waals surface area (Å²) < 4.78 is 0. The largest absolute Gasteiger partial charge is 0.373 e. The number of carbonyl (C=O) groups is 1. The van der Waals surface area contributed by atoms with Crippen LogP contribution in [0.4, 0.5) is 11.6 Å². The monoisotopic (exact) mass is 291 g/mol. The van der Waals surface area contributed by atoms with Gasteiger partial charge in [0.25, 0.3) is 0 Å². The second kappa shape index (κ2) is 5.50. The Morgan fingerprint density at radius 1 is 1.19 bits per heavy atom. The van der Waals surface area contributed by atoms with Crippen molar-refractivity contribution >= 4 is 17.5 Å². The maximum Gasteiger partial charge on any atom is 0.241 e. The van der Waals surface area contributed by atoms with Crippen LogP contribution >= 0.6 is 0 Å². The summed E-state index contributed by atoms with van der Waals surface area (Å²) in [5.74, 6) is 2.61. The Hall–Kier alpha value is -1.85. The number of hydrogen-bond acceptors (Lipinski definition) is 5. The number of nitrogens with zero attached hydrogens (tertiary/aromatic N) is 4. The van der Waals surface area contributed by atoms with E-state index in [0.29, 0.717) is 6.54 Å². The standard InChI is InChI=1S/C15H25N5O/c1-10-12(16-5)17-14(15(2,3)4)18-13(10)20-8-7-19(6)11(21)9-20/h7-9H2,1-6H3,(H,16,17,18). The van der Waals surface area contributed by atoms with Crippen LogP contribution in [0.3, 0.4) is 0 Å². The second-order valence-corrected chi connectivity index (χ2v) is 6.58. The van der Waals surface area contributed by atoms with Crippen molar-refractivity contribution in [2.45, 2.75) is 33.1 Å². The molecular weight excluding hydrogens is 266 g/mol. The van der Waals surface area contributed by atoms with Crippen molar-refractivity contribution in [1.82, 2.24) is 14.9 Å². The number of rotatable bonds is 2. The molecule has 1 aromatic rings. The zero-order valence-corrected chi connectivity index (χ0v) is 13.8. The molecule has 1 aliphatic heterocycles. The molecule has 6 nitrogen and oxygen atoms in total. The van der Waals surface area contributed by atoms with Gasteiger partial charge in [-0.05, 0) is 6.92 Å². The first-order valence-electron chi connectivity index (χ1n) is 7.30. The van der Waals surface area contributed by atoms with E-state index >= 15 is 0 Å². The maximum atomic E-state index is 12.0. The van der Waals surface area contributed by atoms with Gasteiger partial charge in [-0.25, -0.2) is 9.97 Å². The molecule has 1 fully saturated rings. The van der Waals surface area contributed by atoms with Crippen LogP contribution in [-0.4, -0.2) is 54.5 Å². The van der Waals surface area contributed by atoms with Crippen molar-refractivity contribution in [3.63, 3.8) is 0 Å². The van der Waals surface area contributed by atoms with Gasteiger partial charge in [-0.1, -0.05) is 20.8 Å². The number of nitrogens with one attached hydrogen (secondary N) is 1. The van der Waals surface area contributed by atoms with Crippen LogP contribution in [0.2, 0.25) is 0 Å². The normalized spacial score (nSPS) is 16.4. The SMILES string of the molecule is CNc1nc(C(C)(C)C)nc(N2CCN(C)C(=O)C2)c1C. The molecule has 0 atom stereocenters. The van der Waals surface area contributed by atoms with Crippen LogP contribution in [0.1, 0.15) is 32.2 Å². The van der Waals surface area contributed by atoms with Crippen LogP contribution < -0.4 is 10.2 Å². The van der Waals surface area contributed by atoms with Crippen molar-refractivity contribution < 1.29 is 4.79 Å². The molecule has 1 amide bonds. The summed E-state index contributed by atoms with van der Waals surface area (Å²) in [6.45, 7) is 10.2. The summed E-state index contributed by atoms with van der Waals surface area (Å²) in [5.41, 5.74) is 0.854. The predicted octanol–water partition coefficient (Wildman–Crippen LogP) is 1.40. The van der Waals surface area contributed by atoms with E-state index < -0.39 is 0 Å². The fourth-order valence-corrected chi connectivity index (χ4v) is 2.33. The lowest BCUT2D eigenvalue weighted by Gasteiger charge is -2.34. The van der Waals surface area contributed by atoms with Crippen LogP contribution in [0.5, 0.6) is 0 Å². The number of aromatic nitrogens is 2. The van der Waals surface area contributed by atoms with Gasteiger partial charge in [-0.2, -0.15) is 0 Å². The molecule has 6 heteroatoms. The highest BCUT2D eigenvalue weighted by atomic mass is 16.2. The number of piperazine rings is 1. The van der Waals surface area contributed by atoms with Crippen LogP contribution in [0.15, 0.2) is 0 Å². The Morgan fingerprint density at radius 2 is 1.86 bits per heavy atom. The van der Waals surface area contributed by atoms with Crippen molar-refractivity contribution in [1.29, 1.82) is 0 Å². The minimum atomic E-state index is -0.134. The molecule has 0 aliphatic carbocycles. The highest BCUT2D eigenvalue weighted by Gasteiger charge is 2.27. The van der Waals surface area contributed by atoms with E-state index in [2.05, 4.69) is 36.0 Å². The predicted molar refractivity (Wildman–Crippen MR) is 84.9 cm³/mol. The van der Waals surface area contributed by atoms with Crippen molar-refractivity contribution in [3.05, 3.63) is 11.4 Å². The molecule has 0 aromatic carbocycles. The fourth-order valence-electron chi connectivity index (χ4n) is 2.33. The van der Waals surface area contributed by atoms with E-state index in [1.54, 1.807) is 4.90 Å². The minimum absolute atomic E-state index is 0.127. The lowest BCUT2D eigenvalue weighted by Crippen LogP contribution is -2.49. The molecule has 0 saturated carbocycles. The third-order valence-corrected chi connectivity index (χ3v) is 3.78. The molecule has 0 spiro atoms. The first-order valence-corrected chi connectivity index (χ1v) is 7.30. The van der Waals surface area contributed by atoms with E-state index in [9.17, 15) is 4.79 Å². The Labute approximate surface area is 126 Å². The molecular formula is C15H25N5O. The number of amides is 1. The Bertz CT molecular complexity index is 550. The first kappa shape index (κ1) is 15.5. The molecule has 0 radical (unpaired) electrons. The van der Waals surface area contributed by atoms with E-state index in [1.807, 2.05) is 21.0 Å².